The third-order valence-corrected chi connectivity index (χ3v) is 6.92. The number of benzene rings is 1. The topological polar surface area (TPSA) is 64.3 Å². The lowest BCUT2D eigenvalue weighted by atomic mass is 9.93. The van der Waals surface area contributed by atoms with Crippen LogP contribution < -0.4 is 11.1 Å². The van der Waals surface area contributed by atoms with Crippen molar-refractivity contribution < 1.29 is 4.79 Å². The Kier molecular flexibility index (Phi) is 6.52. The standard InChI is InChI=1S/C24H33N3O3/c1-18(28)17-26-21-11-7-8-12-22(21)27(24(30)23(26)29)20-13-15-25(16-14-20)19-9-5-3-2-4-6-10-19/h7-8,11-12,19-20H,2-6,9-10,13-17H2,1H3. The van der Waals surface area contributed by atoms with E-state index in [1.165, 1.54) is 56.4 Å². The molecule has 1 aliphatic heterocycles. The molecule has 0 atom stereocenters. The van der Waals surface area contributed by atoms with Crippen molar-refractivity contribution in [3.05, 3.63) is 45.0 Å². The van der Waals surface area contributed by atoms with Gasteiger partial charge in [0.05, 0.1) is 17.6 Å². The number of likely N-dealkylation sites (tertiary alicyclic amines) is 1. The van der Waals surface area contributed by atoms with E-state index in [4.69, 9.17) is 0 Å². The van der Waals surface area contributed by atoms with E-state index < -0.39 is 11.1 Å². The second-order valence-corrected chi connectivity index (χ2v) is 9.02. The average Bonchev–Trinajstić information content (AvgIpc) is 2.72. The van der Waals surface area contributed by atoms with Crippen molar-refractivity contribution in [3.8, 4) is 0 Å². The van der Waals surface area contributed by atoms with Gasteiger partial charge in [-0.2, -0.15) is 0 Å². The molecule has 1 aliphatic carbocycles. The van der Waals surface area contributed by atoms with Gasteiger partial charge in [-0.05, 0) is 44.7 Å². The molecule has 1 saturated heterocycles. The van der Waals surface area contributed by atoms with E-state index in [-0.39, 0.29) is 18.4 Å². The largest absolute Gasteiger partial charge is 0.317 e. The summed E-state index contributed by atoms with van der Waals surface area (Å²) in [6, 6.07) is 8.18. The van der Waals surface area contributed by atoms with E-state index in [2.05, 4.69) is 4.90 Å². The molecule has 1 aromatic heterocycles. The first-order chi connectivity index (χ1) is 14.6. The molecular formula is C24H33N3O3. The molecule has 0 N–H and O–H groups in total. The molecule has 0 unspecified atom stereocenters. The summed E-state index contributed by atoms with van der Waals surface area (Å²) >= 11 is 0. The molecule has 6 nitrogen and oxygen atoms in total. The highest BCUT2D eigenvalue weighted by atomic mass is 16.2. The summed E-state index contributed by atoms with van der Waals surface area (Å²) in [4.78, 5) is 40.2. The second kappa shape index (κ2) is 9.29. The van der Waals surface area contributed by atoms with Crippen LogP contribution >= 0.6 is 0 Å². The predicted molar refractivity (Wildman–Crippen MR) is 119 cm³/mol. The number of fused-ring (bicyclic) bond motifs is 1. The van der Waals surface area contributed by atoms with Crippen molar-refractivity contribution in [2.24, 2.45) is 0 Å². The van der Waals surface area contributed by atoms with Crippen LogP contribution in [0.1, 0.15) is 70.8 Å². The van der Waals surface area contributed by atoms with Gasteiger partial charge in [-0.1, -0.05) is 44.2 Å². The predicted octanol–water partition coefficient (Wildman–Crippen LogP) is 3.50. The maximum absolute atomic E-state index is 13.1. The zero-order valence-corrected chi connectivity index (χ0v) is 18.0. The Bertz CT molecular complexity index is 1010. The van der Waals surface area contributed by atoms with Gasteiger partial charge in [0.25, 0.3) is 0 Å². The molecule has 30 heavy (non-hydrogen) atoms. The van der Waals surface area contributed by atoms with Gasteiger partial charge in [0.1, 0.15) is 5.78 Å². The van der Waals surface area contributed by atoms with E-state index in [9.17, 15) is 14.4 Å². The highest BCUT2D eigenvalue weighted by molar-refractivity contribution is 5.80. The van der Waals surface area contributed by atoms with Gasteiger partial charge in [0, 0.05) is 25.2 Å². The van der Waals surface area contributed by atoms with Crippen LogP contribution in [0.5, 0.6) is 0 Å². The summed E-state index contributed by atoms with van der Waals surface area (Å²) in [5.41, 5.74) is 0.332. The van der Waals surface area contributed by atoms with Gasteiger partial charge in [-0.15, -0.1) is 0 Å². The fourth-order valence-corrected chi connectivity index (χ4v) is 5.38. The molecule has 2 aromatic rings. The minimum absolute atomic E-state index is 0.0342. The third kappa shape index (κ3) is 4.29. The smallest absolute Gasteiger partial charge is 0.300 e. The molecule has 0 bridgehead atoms. The Morgan fingerprint density at radius 1 is 0.833 bits per heavy atom. The zero-order valence-electron chi connectivity index (χ0n) is 18.0. The first-order valence-corrected chi connectivity index (χ1v) is 11.5. The van der Waals surface area contributed by atoms with Crippen molar-refractivity contribution in [1.82, 2.24) is 14.0 Å². The Balaban J connectivity index is 1.60. The number of carbonyl (C=O) groups is 1. The van der Waals surface area contributed by atoms with Crippen molar-refractivity contribution in [2.75, 3.05) is 13.1 Å². The number of ketones is 1. The van der Waals surface area contributed by atoms with Crippen molar-refractivity contribution in [3.63, 3.8) is 0 Å². The lowest BCUT2D eigenvalue weighted by Crippen LogP contribution is -2.47. The third-order valence-electron chi connectivity index (χ3n) is 6.92. The van der Waals surface area contributed by atoms with Crippen LogP contribution in [-0.4, -0.2) is 38.9 Å². The molecule has 0 amide bonds. The molecule has 4 rings (SSSR count). The van der Waals surface area contributed by atoms with Crippen LogP contribution in [0.25, 0.3) is 11.0 Å². The molecule has 6 heteroatoms. The van der Waals surface area contributed by atoms with Gasteiger partial charge in [-0.25, -0.2) is 0 Å². The SMILES string of the molecule is CC(=O)Cn1c(=O)c(=O)n(C2CCN(C3CCCCCCC3)CC2)c2ccccc21. The number of carbonyl (C=O) groups excluding carboxylic acids is 1. The van der Waals surface area contributed by atoms with Crippen molar-refractivity contribution >= 4 is 16.8 Å². The highest BCUT2D eigenvalue weighted by Gasteiger charge is 2.28. The fraction of sp³-hybridized carbons (Fsp3) is 0.625. The number of aromatic nitrogens is 2. The monoisotopic (exact) mass is 411 g/mol. The number of hydrogen-bond acceptors (Lipinski definition) is 4. The molecule has 1 saturated carbocycles. The van der Waals surface area contributed by atoms with E-state index in [1.807, 2.05) is 24.3 Å². The van der Waals surface area contributed by atoms with E-state index in [0.717, 1.165) is 31.4 Å². The lowest BCUT2D eigenvalue weighted by Gasteiger charge is -2.39. The lowest BCUT2D eigenvalue weighted by molar-refractivity contribution is -0.117. The number of piperidine rings is 1. The molecule has 1 aromatic carbocycles. The van der Waals surface area contributed by atoms with E-state index >= 15 is 0 Å². The molecule has 0 spiro atoms. The Morgan fingerprint density at radius 3 is 2.07 bits per heavy atom. The number of para-hydroxylation sites is 2. The first kappa shape index (κ1) is 21.0. The van der Waals surface area contributed by atoms with E-state index in [0.29, 0.717) is 11.6 Å². The van der Waals surface area contributed by atoms with Crippen LogP contribution in [0.15, 0.2) is 33.9 Å². The Hall–Kier alpha value is -2.21. The number of nitrogens with zero attached hydrogens (tertiary/aromatic N) is 3. The molecule has 2 aliphatic rings. The number of Topliss-reactive ketones (excluding diaryl/α,β-unsaturated/α-hetero) is 1. The first-order valence-electron chi connectivity index (χ1n) is 11.5. The number of rotatable bonds is 4. The van der Waals surface area contributed by atoms with E-state index in [1.54, 1.807) is 4.57 Å². The van der Waals surface area contributed by atoms with Crippen LogP contribution in [0, 0.1) is 0 Å². The van der Waals surface area contributed by atoms with Gasteiger partial charge < -0.3 is 4.90 Å². The molecule has 2 fully saturated rings. The highest BCUT2D eigenvalue weighted by Crippen LogP contribution is 2.29. The quantitative estimate of drug-likeness (QED) is 0.723. The van der Waals surface area contributed by atoms with Crippen molar-refractivity contribution in [1.29, 1.82) is 0 Å². The summed E-state index contributed by atoms with van der Waals surface area (Å²) < 4.78 is 3.05. The number of hydrogen-bond donors (Lipinski definition) is 0. The van der Waals surface area contributed by atoms with Crippen molar-refractivity contribution in [2.45, 2.75) is 83.3 Å². The van der Waals surface area contributed by atoms with Gasteiger partial charge in [0.15, 0.2) is 0 Å². The molecule has 0 radical (unpaired) electrons. The zero-order chi connectivity index (χ0) is 21.1. The van der Waals surface area contributed by atoms with Crippen LogP contribution in [-0.2, 0) is 11.3 Å². The summed E-state index contributed by atoms with van der Waals surface area (Å²) in [7, 11) is 0. The summed E-state index contributed by atoms with van der Waals surface area (Å²) in [6.07, 6.45) is 11.1. The maximum atomic E-state index is 13.1. The molecule has 162 valence electrons. The van der Waals surface area contributed by atoms with Crippen LogP contribution in [0.4, 0.5) is 0 Å². The van der Waals surface area contributed by atoms with Gasteiger partial charge in [0.2, 0.25) is 0 Å². The summed E-state index contributed by atoms with van der Waals surface area (Å²) in [5.74, 6) is -0.132. The fourth-order valence-electron chi connectivity index (χ4n) is 5.38. The van der Waals surface area contributed by atoms with Crippen LogP contribution in [0.3, 0.4) is 0 Å². The van der Waals surface area contributed by atoms with Crippen LogP contribution in [0.2, 0.25) is 0 Å². The normalized spacial score (nSPS) is 20.2. The minimum Gasteiger partial charge on any atom is -0.300 e. The Labute approximate surface area is 177 Å². The minimum atomic E-state index is -0.591. The Morgan fingerprint density at radius 2 is 1.43 bits per heavy atom. The summed E-state index contributed by atoms with van der Waals surface area (Å²) in [5, 5.41) is 0. The van der Waals surface area contributed by atoms with Gasteiger partial charge >= 0.3 is 11.1 Å². The molecule has 2 heterocycles. The molecular weight excluding hydrogens is 378 g/mol. The maximum Gasteiger partial charge on any atom is 0.317 e. The summed E-state index contributed by atoms with van der Waals surface area (Å²) in [6.45, 7) is 3.34. The van der Waals surface area contributed by atoms with Gasteiger partial charge in [-0.3, -0.25) is 23.5 Å². The second-order valence-electron chi connectivity index (χ2n) is 9.02. The average molecular weight is 412 g/mol.